The Morgan fingerprint density at radius 3 is 2.14 bits per heavy atom. The van der Waals surface area contributed by atoms with Gasteiger partial charge in [0.2, 0.25) is 0 Å². The molecule has 0 aliphatic carbocycles. The molecule has 0 aliphatic heterocycles. The van der Waals surface area contributed by atoms with Crippen LogP contribution in [0.2, 0.25) is 0 Å². The van der Waals surface area contributed by atoms with Gasteiger partial charge in [-0.3, -0.25) is 0 Å². The molecule has 110 valence electrons. The fourth-order valence-corrected chi connectivity index (χ4v) is 2.31. The van der Waals surface area contributed by atoms with E-state index < -0.39 is 0 Å². The third kappa shape index (κ3) is 2.76. The molecule has 0 spiro atoms. The van der Waals surface area contributed by atoms with E-state index in [1.165, 1.54) is 12.1 Å². The third-order valence-electron chi connectivity index (χ3n) is 3.44. The summed E-state index contributed by atoms with van der Waals surface area (Å²) in [6.45, 7) is 0. The molecule has 0 fully saturated rings. The highest BCUT2D eigenvalue weighted by molar-refractivity contribution is 5.81. The van der Waals surface area contributed by atoms with Crippen molar-refractivity contribution >= 4 is 5.82 Å². The van der Waals surface area contributed by atoms with Gasteiger partial charge in [0.25, 0.3) is 0 Å². The summed E-state index contributed by atoms with van der Waals surface area (Å²) in [6, 6.07) is 17.6. The number of hydrogen-bond acceptors (Lipinski definition) is 3. The minimum Gasteiger partial charge on any atom is -0.497 e. The molecule has 4 heteroatoms. The average molecular weight is 294 g/mol. The van der Waals surface area contributed by atoms with Crippen LogP contribution in [0.4, 0.5) is 10.2 Å². The van der Waals surface area contributed by atoms with Crippen LogP contribution in [-0.2, 0) is 0 Å². The predicted octanol–water partition coefficient (Wildman–Crippen LogP) is 4.15. The number of benzene rings is 2. The minimum absolute atomic E-state index is 0.279. The Balaban J connectivity index is 2.12. The largest absolute Gasteiger partial charge is 0.497 e. The van der Waals surface area contributed by atoms with Crippen molar-refractivity contribution in [2.75, 3.05) is 12.8 Å². The summed E-state index contributed by atoms with van der Waals surface area (Å²) in [7, 11) is 1.63. The summed E-state index contributed by atoms with van der Waals surface area (Å²) in [4.78, 5) is 4.42. The molecule has 0 radical (unpaired) electrons. The monoisotopic (exact) mass is 294 g/mol. The van der Waals surface area contributed by atoms with Crippen molar-refractivity contribution in [1.29, 1.82) is 0 Å². The lowest BCUT2D eigenvalue weighted by atomic mass is 9.99. The molecule has 3 aromatic rings. The van der Waals surface area contributed by atoms with E-state index in [0.717, 1.165) is 28.1 Å². The third-order valence-corrected chi connectivity index (χ3v) is 3.44. The Hall–Kier alpha value is -2.88. The number of hydrogen-bond donors (Lipinski definition) is 1. The molecule has 0 amide bonds. The van der Waals surface area contributed by atoms with Gasteiger partial charge in [0.15, 0.2) is 0 Å². The van der Waals surface area contributed by atoms with Gasteiger partial charge in [-0.25, -0.2) is 9.37 Å². The first-order valence-corrected chi connectivity index (χ1v) is 6.84. The topological polar surface area (TPSA) is 48.1 Å². The standard InChI is InChI=1S/C18H15FN2O/c1-22-15-8-4-12(5-9-15)16-10-11-17(20)21-18(16)13-2-6-14(19)7-3-13/h2-11H,1H3,(H2,20,21). The van der Waals surface area contributed by atoms with E-state index in [4.69, 9.17) is 10.5 Å². The molecule has 3 rings (SSSR count). The maximum absolute atomic E-state index is 13.1. The molecule has 1 aromatic heterocycles. The number of halogens is 1. The van der Waals surface area contributed by atoms with E-state index >= 15 is 0 Å². The number of aromatic nitrogens is 1. The van der Waals surface area contributed by atoms with E-state index in [1.54, 1.807) is 25.3 Å². The van der Waals surface area contributed by atoms with E-state index in [1.807, 2.05) is 30.3 Å². The highest BCUT2D eigenvalue weighted by Gasteiger charge is 2.10. The van der Waals surface area contributed by atoms with Crippen LogP contribution in [0.25, 0.3) is 22.4 Å². The number of ether oxygens (including phenoxy) is 1. The smallest absolute Gasteiger partial charge is 0.124 e. The van der Waals surface area contributed by atoms with Crippen LogP contribution in [0.3, 0.4) is 0 Å². The predicted molar refractivity (Wildman–Crippen MR) is 86.0 cm³/mol. The number of methoxy groups -OCH3 is 1. The molecule has 0 saturated heterocycles. The maximum atomic E-state index is 13.1. The number of pyridine rings is 1. The van der Waals surface area contributed by atoms with Gasteiger partial charge in [-0.1, -0.05) is 12.1 Å². The van der Waals surface area contributed by atoms with E-state index in [0.29, 0.717) is 5.82 Å². The molecule has 22 heavy (non-hydrogen) atoms. The molecule has 0 bridgehead atoms. The highest BCUT2D eigenvalue weighted by Crippen LogP contribution is 2.32. The van der Waals surface area contributed by atoms with E-state index in [9.17, 15) is 4.39 Å². The summed E-state index contributed by atoms with van der Waals surface area (Å²) < 4.78 is 18.3. The average Bonchev–Trinajstić information content (AvgIpc) is 2.56. The molecule has 3 nitrogen and oxygen atoms in total. The van der Waals surface area contributed by atoms with Crippen LogP contribution in [0.15, 0.2) is 60.7 Å². The first-order valence-electron chi connectivity index (χ1n) is 6.84. The van der Waals surface area contributed by atoms with Crippen molar-refractivity contribution in [3.05, 3.63) is 66.5 Å². The maximum Gasteiger partial charge on any atom is 0.124 e. The SMILES string of the molecule is COc1ccc(-c2ccc(N)nc2-c2ccc(F)cc2)cc1. The lowest BCUT2D eigenvalue weighted by Gasteiger charge is -2.11. The molecule has 1 heterocycles. The second kappa shape index (κ2) is 5.85. The minimum atomic E-state index is -0.279. The first-order chi connectivity index (χ1) is 10.7. The Labute approximate surface area is 128 Å². The van der Waals surface area contributed by atoms with Gasteiger partial charge in [0.1, 0.15) is 17.4 Å². The molecule has 0 unspecified atom stereocenters. The number of rotatable bonds is 3. The van der Waals surface area contributed by atoms with Crippen molar-refractivity contribution in [3.8, 4) is 28.1 Å². The van der Waals surface area contributed by atoms with Crippen LogP contribution >= 0.6 is 0 Å². The zero-order valence-electron chi connectivity index (χ0n) is 12.1. The molecule has 0 aliphatic rings. The Bertz CT molecular complexity index is 783. The lowest BCUT2D eigenvalue weighted by Crippen LogP contribution is -1.95. The van der Waals surface area contributed by atoms with Gasteiger partial charge in [-0.15, -0.1) is 0 Å². The van der Waals surface area contributed by atoms with E-state index in [2.05, 4.69) is 4.98 Å². The fourth-order valence-electron chi connectivity index (χ4n) is 2.31. The summed E-state index contributed by atoms with van der Waals surface area (Å²) in [5, 5.41) is 0. The van der Waals surface area contributed by atoms with Gasteiger partial charge in [0.05, 0.1) is 12.8 Å². The van der Waals surface area contributed by atoms with E-state index in [-0.39, 0.29) is 5.82 Å². The van der Waals surface area contributed by atoms with Crippen molar-refractivity contribution in [3.63, 3.8) is 0 Å². The summed E-state index contributed by atoms with van der Waals surface area (Å²) >= 11 is 0. The number of nitrogens with zero attached hydrogens (tertiary/aromatic N) is 1. The van der Waals surface area contributed by atoms with Crippen LogP contribution < -0.4 is 10.5 Å². The molecule has 2 aromatic carbocycles. The fraction of sp³-hybridized carbons (Fsp3) is 0.0556. The number of nitrogen functional groups attached to an aromatic ring is 1. The van der Waals surface area contributed by atoms with Crippen molar-refractivity contribution in [2.24, 2.45) is 0 Å². The molecule has 0 saturated carbocycles. The Kier molecular flexibility index (Phi) is 3.74. The quantitative estimate of drug-likeness (QED) is 0.789. The van der Waals surface area contributed by atoms with Gasteiger partial charge >= 0.3 is 0 Å². The summed E-state index contributed by atoms with van der Waals surface area (Å²) in [5.74, 6) is 0.936. The van der Waals surface area contributed by atoms with Gasteiger partial charge < -0.3 is 10.5 Å². The van der Waals surface area contributed by atoms with Crippen LogP contribution in [0.1, 0.15) is 0 Å². The van der Waals surface area contributed by atoms with Crippen molar-refractivity contribution in [2.45, 2.75) is 0 Å². The van der Waals surface area contributed by atoms with Gasteiger partial charge in [-0.05, 0) is 54.1 Å². The lowest BCUT2D eigenvalue weighted by molar-refractivity contribution is 0.415. The highest BCUT2D eigenvalue weighted by atomic mass is 19.1. The van der Waals surface area contributed by atoms with Crippen LogP contribution in [0.5, 0.6) is 5.75 Å². The molecule has 0 atom stereocenters. The number of anilines is 1. The van der Waals surface area contributed by atoms with Crippen molar-refractivity contribution in [1.82, 2.24) is 4.98 Å². The van der Waals surface area contributed by atoms with Crippen LogP contribution in [0, 0.1) is 5.82 Å². The Morgan fingerprint density at radius 1 is 0.864 bits per heavy atom. The zero-order chi connectivity index (χ0) is 15.5. The molecule has 2 N–H and O–H groups in total. The zero-order valence-corrected chi connectivity index (χ0v) is 12.1. The second-order valence-electron chi connectivity index (χ2n) is 4.87. The van der Waals surface area contributed by atoms with Crippen LogP contribution in [-0.4, -0.2) is 12.1 Å². The summed E-state index contributed by atoms with van der Waals surface area (Å²) in [6.07, 6.45) is 0. The molecular formula is C18H15FN2O. The Morgan fingerprint density at radius 2 is 1.50 bits per heavy atom. The second-order valence-corrected chi connectivity index (χ2v) is 4.87. The van der Waals surface area contributed by atoms with Gasteiger partial charge in [0, 0.05) is 11.1 Å². The van der Waals surface area contributed by atoms with Gasteiger partial charge in [-0.2, -0.15) is 0 Å². The first kappa shape index (κ1) is 14.1. The normalized spacial score (nSPS) is 10.5. The number of nitrogens with two attached hydrogens (primary N) is 1. The molecular weight excluding hydrogens is 279 g/mol. The van der Waals surface area contributed by atoms with Crippen molar-refractivity contribution < 1.29 is 9.13 Å². The summed E-state index contributed by atoms with van der Waals surface area (Å²) in [5.41, 5.74) is 9.29.